The van der Waals surface area contributed by atoms with Crippen molar-refractivity contribution in [1.29, 1.82) is 0 Å². The van der Waals surface area contributed by atoms with E-state index >= 15 is 0 Å². The van der Waals surface area contributed by atoms with Gasteiger partial charge < -0.3 is 4.42 Å². The number of nitrogens with zero attached hydrogens (tertiary/aromatic N) is 1. The maximum Gasteiger partial charge on any atom is 0.225 e. The first kappa shape index (κ1) is 9.46. The van der Waals surface area contributed by atoms with Crippen molar-refractivity contribution < 1.29 is 8.98 Å². The van der Waals surface area contributed by atoms with Crippen LogP contribution < -0.4 is 4.57 Å². The van der Waals surface area contributed by atoms with Crippen molar-refractivity contribution in [2.24, 2.45) is 0 Å². The van der Waals surface area contributed by atoms with Crippen molar-refractivity contribution in [3.8, 4) is 10.6 Å². The summed E-state index contributed by atoms with van der Waals surface area (Å²) >= 11 is 1.70. The first-order chi connectivity index (χ1) is 6.57. The molecule has 0 unspecified atom stereocenters. The molecule has 2 rings (SSSR count). The summed E-state index contributed by atoms with van der Waals surface area (Å²) in [4.78, 5) is 1.17. The van der Waals surface area contributed by atoms with Crippen molar-refractivity contribution in [2.75, 3.05) is 0 Å². The SMILES string of the molecule is CC(C)(C)[n+]1csc(-c2ccco2)c1. The van der Waals surface area contributed by atoms with Gasteiger partial charge in [-0.25, -0.2) is 0 Å². The van der Waals surface area contributed by atoms with Crippen LogP contribution in [-0.4, -0.2) is 0 Å². The second-order valence-corrected chi connectivity index (χ2v) is 5.16. The van der Waals surface area contributed by atoms with Crippen LogP contribution in [0, 0.1) is 0 Å². The third-order valence-corrected chi connectivity index (χ3v) is 2.98. The molecular weight excluding hydrogens is 194 g/mol. The minimum atomic E-state index is 0.140. The number of hydrogen-bond acceptors (Lipinski definition) is 2. The van der Waals surface area contributed by atoms with Gasteiger partial charge in [-0.1, -0.05) is 11.3 Å². The van der Waals surface area contributed by atoms with Crippen molar-refractivity contribution in [3.63, 3.8) is 0 Å². The van der Waals surface area contributed by atoms with Gasteiger partial charge in [0.05, 0.1) is 6.26 Å². The Bertz CT molecular complexity index is 409. The average Bonchev–Trinajstić information content (AvgIpc) is 2.73. The molecule has 3 heteroatoms. The van der Waals surface area contributed by atoms with E-state index in [9.17, 15) is 0 Å². The first-order valence-electron chi connectivity index (χ1n) is 4.61. The fourth-order valence-electron chi connectivity index (χ4n) is 1.19. The van der Waals surface area contributed by atoms with Crippen LogP contribution in [0.25, 0.3) is 10.6 Å². The summed E-state index contributed by atoms with van der Waals surface area (Å²) in [7, 11) is 0. The molecule has 0 radical (unpaired) electrons. The van der Waals surface area contributed by atoms with Crippen LogP contribution in [0.5, 0.6) is 0 Å². The minimum absolute atomic E-state index is 0.140. The average molecular weight is 208 g/mol. The molecule has 2 aromatic rings. The van der Waals surface area contributed by atoms with Crippen LogP contribution in [0.15, 0.2) is 34.5 Å². The van der Waals surface area contributed by atoms with E-state index < -0.39 is 0 Å². The van der Waals surface area contributed by atoms with Crippen molar-refractivity contribution >= 4 is 11.3 Å². The third kappa shape index (κ3) is 1.73. The molecule has 0 aliphatic carbocycles. The van der Waals surface area contributed by atoms with E-state index in [1.807, 2.05) is 12.1 Å². The monoisotopic (exact) mass is 208 g/mol. The van der Waals surface area contributed by atoms with Crippen LogP contribution in [0.1, 0.15) is 20.8 Å². The molecule has 2 aromatic heterocycles. The Balaban J connectivity index is 2.36. The molecule has 0 atom stereocenters. The van der Waals surface area contributed by atoms with Crippen LogP contribution in [0.4, 0.5) is 0 Å². The van der Waals surface area contributed by atoms with E-state index in [1.165, 1.54) is 4.88 Å². The third-order valence-electron chi connectivity index (χ3n) is 2.09. The fraction of sp³-hybridized carbons (Fsp3) is 0.364. The smallest absolute Gasteiger partial charge is 0.225 e. The van der Waals surface area contributed by atoms with Gasteiger partial charge in [0.2, 0.25) is 5.51 Å². The van der Waals surface area contributed by atoms with Crippen LogP contribution in [0.3, 0.4) is 0 Å². The quantitative estimate of drug-likeness (QED) is 0.658. The molecular formula is C11H14NOS+. The molecule has 0 saturated heterocycles. The number of rotatable bonds is 1. The number of thiazole rings is 1. The molecule has 0 fully saturated rings. The minimum Gasteiger partial charge on any atom is -0.463 e. The number of hydrogen-bond donors (Lipinski definition) is 0. The number of aromatic nitrogens is 1. The van der Waals surface area contributed by atoms with E-state index in [-0.39, 0.29) is 5.54 Å². The largest absolute Gasteiger partial charge is 0.463 e. The highest BCUT2D eigenvalue weighted by molar-refractivity contribution is 7.12. The van der Waals surface area contributed by atoms with Crippen LogP contribution in [0.2, 0.25) is 0 Å². The molecule has 2 heterocycles. The predicted octanol–water partition coefficient (Wildman–Crippen LogP) is 3.05. The van der Waals surface area contributed by atoms with Crippen LogP contribution >= 0.6 is 11.3 Å². The van der Waals surface area contributed by atoms with E-state index in [4.69, 9.17) is 4.42 Å². The summed E-state index contributed by atoms with van der Waals surface area (Å²) in [6, 6.07) is 3.90. The Morgan fingerprint density at radius 1 is 1.36 bits per heavy atom. The zero-order valence-electron chi connectivity index (χ0n) is 8.65. The summed E-state index contributed by atoms with van der Waals surface area (Å²) in [5.74, 6) is 0.943. The molecule has 0 amide bonds. The molecule has 0 spiro atoms. The Morgan fingerprint density at radius 3 is 2.64 bits per heavy atom. The summed E-state index contributed by atoms with van der Waals surface area (Å²) in [6.45, 7) is 6.56. The Morgan fingerprint density at radius 2 is 2.14 bits per heavy atom. The Hall–Kier alpha value is -1.09. The van der Waals surface area contributed by atoms with Gasteiger partial charge in [0, 0.05) is 20.8 Å². The topological polar surface area (TPSA) is 17.0 Å². The standard InChI is InChI=1S/C11H14NOS/c1-11(2,3)12-7-10(14-8-12)9-5-4-6-13-9/h4-8H,1-3H3/q+1. The van der Waals surface area contributed by atoms with E-state index in [0.29, 0.717) is 0 Å². The zero-order chi connectivity index (χ0) is 10.2. The van der Waals surface area contributed by atoms with Gasteiger partial charge in [0.25, 0.3) is 0 Å². The summed E-state index contributed by atoms with van der Waals surface area (Å²) < 4.78 is 7.55. The predicted molar refractivity (Wildman–Crippen MR) is 57.2 cm³/mol. The summed E-state index contributed by atoms with van der Waals surface area (Å²) in [6.07, 6.45) is 3.83. The van der Waals surface area contributed by atoms with Gasteiger partial charge in [-0.15, -0.1) is 0 Å². The second kappa shape index (κ2) is 3.24. The zero-order valence-corrected chi connectivity index (χ0v) is 9.47. The second-order valence-electron chi connectivity index (χ2n) is 4.27. The number of furan rings is 1. The van der Waals surface area contributed by atoms with Crippen LogP contribution in [-0.2, 0) is 5.54 Å². The van der Waals surface area contributed by atoms with Crippen molar-refractivity contribution in [3.05, 3.63) is 30.1 Å². The lowest BCUT2D eigenvalue weighted by atomic mass is 10.1. The van der Waals surface area contributed by atoms with Gasteiger partial charge in [0.1, 0.15) is 10.6 Å². The van der Waals surface area contributed by atoms with Gasteiger partial charge in [-0.2, -0.15) is 4.57 Å². The lowest BCUT2D eigenvalue weighted by Crippen LogP contribution is -2.47. The lowest BCUT2D eigenvalue weighted by Gasteiger charge is -2.08. The molecule has 0 saturated carbocycles. The van der Waals surface area contributed by atoms with E-state index in [1.54, 1.807) is 17.6 Å². The molecule has 14 heavy (non-hydrogen) atoms. The first-order valence-corrected chi connectivity index (χ1v) is 5.49. The maximum atomic E-state index is 5.34. The summed E-state index contributed by atoms with van der Waals surface area (Å²) in [5.41, 5.74) is 2.26. The Labute approximate surface area is 87.8 Å². The van der Waals surface area contributed by atoms with Gasteiger partial charge >= 0.3 is 0 Å². The molecule has 2 nitrogen and oxygen atoms in total. The highest BCUT2D eigenvalue weighted by Crippen LogP contribution is 2.23. The van der Waals surface area contributed by atoms with Gasteiger partial charge in [-0.05, 0) is 12.1 Å². The lowest BCUT2D eigenvalue weighted by molar-refractivity contribution is -0.749. The molecule has 0 bridgehead atoms. The van der Waals surface area contributed by atoms with Gasteiger partial charge in [0.15, 0.2) is 11.7 Å². The fourth-order valence-corrected chi connectivity index (χ4v) is 2.20. The molecule has 0 aliphatic rings. The molecule has 0 aromatic carbocycles. The maximum absolute atomic E-state index is 5.34. The highest BCUT2D eigenvalue weighted by Gasteiger charge is 2.23. The van der Waals surface area contributed by atoms with E-state index in [0.717, 1.165) is 5.76 Å². The Kier molecular flexibility index (Phi) is 2.19. The van der Waals surface area contributed by atoms with Crippen molar-refractivity contribution in [2.45, 2.75) is 26.3 Å². The normalized spacial score (nSPS) is 11.9. The molecule has 0 aliphatic heterocycles. The van der Waals surface area contributed by atoms with Gasteiger partial charge in [-0.3, -0.25) is 0 Å². The van der Waals surface area contributed by atoms with E-state index in [2.05, 4.69) is 37.0 Å². The molecule has 0 N–H and O–H groups in total. The molecule has 74 valence electrons. The van der Waals surface area contributed by atoms with Crippen molar-refractivity contribution in [1.82, 2.24) is 0 Å². The highest BCUT2D eigenvalue weighted by atomic mass is 32.1. The summed E-state index contributed by atoms with van der Waals surface area (Å²) in [5, 5.41) is 0.